The minimum absolute atomic E-state index is 0.00917. The van der Waals surface area contributed by atoms with Crippen molar-refractivity contribution in [2.45, 2.75) is 43.0 Å². The molecule has 0 saturated carbocycles. The van der Waals surface area contributed by atoms with Crippen LogP contribution < -0.4 is 0 Å². The molecule has 6 aliphatic rings. The number of ether oxygens (including phenoxy) is 3. The van der Waals surface area contributed by atoms with E-state index >= 15 is 0 Å². The molecule has 0 radical (unpaired) electrons. The molecule has 5 fully saturated rings. The Bertz CT molecular complexity index is 788. The zero-order chi connectivity index (χ0) is 16.3. The number of hydrogen-bond acceptors (Lipinski definition) is 4. The van der Waals surface area contributed by atoms with Gasteiger partial charge < -0.3 is 14.2 Å². The second-order valence-electron chi connectivity index (χ2n) is 8.54. The van der Waals surface area contributed by atoms with E-state index in [1.165, 1.54) is 0 Å². The largest absolute Gasteiger partial charge is 0.373 e. The van der Waals surface area contributed by atoms with Crippen molar-refractivity contribution in [3.8, 4) is 0 Å². The van der Waals surface area contributed by atoms with Gasteiger partial charge in [-0.3, -0.25) is 4.79 Å². The Morgan fingerprint density at radius 3 is 2.28 bits per heavy atom. The molecule has 6 aliphatic heterocycles. The third-order valence-electron chi connectivity index (χ3n) is 7.70. The lowest BCUT2D eigenvalue weighted by molar-refractivity contribution is -0.0327. The zero-order valence-corrected chi connectivity index (χ0v) is 13.7. The lowest BCUT2D eigenvalue weighted by Crippen LogP contribution is -2.50. The summed E-state index contributed by atoms with van der Waals surface area (Å²) in [7, 11) is 0. The molecule has 1 aromatic rings. The highest BCUT2D eigenvalue weighted by molar-refractivity contribution is 5.98. The van der Waals surface area contributed by atoms with Crippen LogP contribution in [-0.4, -0.2) is 42.4 Å². The summed E-state index contributed by atoms with van der Waals surface area (Å²) in [4.78, 5) is 13.0. The zero-order valence-electron chi connectivity index (χ0n) is 13.7. The number of Topliss-reactive ketones (excluding diaryl/α,β-unsaturated/α-hetero) is 1. The van der Waals surface area contributed by atoms with E-state index in [1.54, 1.807) is 0 Å². The third kappa shape index (κ3) is 1.50. The van der Waals surface area contributed by atoms with Crippen LogP contribution in [0.4, 0.5) is 0 Å². The van der Waals surface area contributed by atoms with Crippen LogP contribution >= 0.6 is 0 Å². The number of hydrogen-bond donors (Lipinski definition) is 0. The Labute approximate surface area is 146 Å². The molecule has 4 nitrogen and oxygen atoms in total. The number of ketones is 1. The molecule has 128 valence electrons. The van der Waals surface area contributed by atoms with Crippen LogP contribution in [0.5, 0.6) is 0 Å². The standard InChI is InChI=1S/C21H20O4/c22-18(9-4-2-1-3-5-9)10-8-13-16-17(19(10)24-13)21-15-12-7-6-11(23-12)14(15)20(16)25-21/h1-7,10-17,19-21H,8H2. The third-order valence-corrected chi connectivity index (χ3v) is 7.70. The summed E-state index contributed by atoms with van der Waals surface area (Å²) in [5, 5.41) is 0. The van der Waals surface area contributed by atoms with Gasteiger partial charge in [0.25, 0.3) is 0 Å². The van der Waals surface area contributed by atoms with Gasteiger partial charge in [0.2, 0.25) is 0 Å². The van der Waals surface area contributed by atoms with Crippen LogP contribution in [-0.2, 0) is 14.2 Å². The molecule has 0 aromatic heterocycles. The number of rotatable bonds is 2. The Balaban J connectivity index is 1.23. The predicted octanol–water partition coefficient (Wildman–Crippen LogP) is 2.24. The van der Waals surface area contributed by atoms with Crippen molar-refractivity contribution in [1.82, 2.24) is 0 Å². The van der Waals surface area contributed by atoms with Crippen LogP contribution in [0.25, 0.3) is 0 Å². The van der Waals surface area contributed by atoms with Gasteiger partial charge in [0.15, 0.2) is 5.78 Å². The number of carbonyl (C=O) groups excluding carboxylic acids is 1. The molecule has 6 bridgehead atoms. The lowest BCUT2D eigenvalue weighted by Gasteiger charge is -2.39. The Kier molecular flexibility index (Phi) is 2.42. The predicted molar refractivity (Wildman–Crippen MR) is 88.0 cm³/mol. The van der Waals surface area contributed by atoms with Crippen molar-refractivity contribution in [3.63, 3.8) is 0 Å². The summed E-state index contributed by atoms with van der Waals surface area (Å²) < 4.78 is 19.0. The van der Waals surface area contributed by atoms with E-state index in [4.69, 9.17) is 14.2 Å². The van der Waals surface area contributed by atoms with Crippen molar-refractivity contribution in [2.24, 2.45) is 29.6 Å². The maximum Gasteiger partial charge on any atom is 0.168 e. The van der Waals surface area contributed by atoms with E-state index in [2.05, 4.69) is 12.2 Å². The molecular weight excluding hydrogens is 316 g/mol. The second-order valence-corrected chi connectivity index (χ2v) is 8.54. The minimum Gasteiger partial charge on any atom is -0.373 e. The van der Waals surface area contributed by atoms with Gasteiger partial charge in [-0.25, -0.2) is 0 Å². The van der Waals surface area contributed by atoms with Gasteiger partial charge in [0.05, 0.1) is 42.5 Å². The topological polar surface area (TPSA) is 44.8 Å². The number of carbonyl (C=O) groups is 1. The molecule has 0 aliphatic carbocycles. The van der Waals surface area contributed by atoms with Crippen LogP contribution in [0.1, 0.15) is 16.8 Å². The van der Waals surface area contributed by atoms with Gasteiger partial charge in [-0.2, -0.15) is 0 Å². The SMILES string of the molecule is O=C(c1ccccc1)C1CC2OC1C1C3OC(C4C5C=CC(O5)C34)C21. The average Bonchev–Trinajstić information content (AvgIpc) is 3.47. The molecule has 1 aromatic carbocycles. The van der Waals surface area contributed by atoms with Crippen molar-refractivity contribution >= 4 is 5.78 Å². The fourth-order valence-electron chi connectivity index (χ4n) is 6.96. The Hall–Kier alpha value is -1.49. The molecule has 25 heavy (non-hydrogen) atoms. The van der Waals surface area contributed by atoms with Crippen molar-refractivity contribution in [1.29, 1.82) is 0 Å². The highest BCUT2D eigenvalue weighted by Crippen LogP contribution is 2.66. The van der Waals surface area contributed by atoms with Crippen LogP contribution in [0.3, 0.4) is 0 Å². The summed E-state index contributed by atoms with van der Waals surface area (Å²) in [5.74, 6) is 2.05. The Morgan fingerprint density at radius 2 is 1.52 bits per heavy atom. The van der Waals surface area contributed by atoms with Crippen molar-refractivity contribution in [3.05, 3.63) is 48.0 Å². The molecule has 11 atom stereocenters. The summed E-state index contributed by atoms with van der Waals surface area (Å²) in [6, 6.07) is 9.68. The maximum atomic E-state index is 13.0. The molecule has 6 heterocycles. The maximum absolute atomic E-state index is 13.0. The second kappa shape index (κ2) is 4.43. The fourth-order valence-corrected chi connectivity index (χ4v) is 6.96. The van der Waals surface area contributed by atoms with E-state index in [0.717, 1.165) is 12.0 Å². The monoisotopic (exact) mass is 336 g/mol. The summed E-state index contributed by atoms with van der Waals surface area (Å²) >= 11 is 0. The van der Waals surface area contributed by atoms with E-state index in [-0.39, 0.29) is 48.3 Å². The van der Waals surface area contributed by atoms with E-state index < -0.39 is 0 Å². The van der Waals surface area contributed by atoms with Crippen LogP contribution in [0.2, 0.25) is 0 Å². The van der Waals surface area contributed by atoms with Crippen molar-refractivity contribution < 1.29 is 19.0 Å². The number of benzene rings is 1. The van der Waals surface area contributed by atoms with E-state index in [0.29, 0.717) is 23.7 Å². The highest BCUT2D eigenvalue weighted by atomic mass is 16.6. The first-order chi connectivity index (χ1) is 12.3. The van der Waals surface area contributed by atoms with Gasteiger partial charge in [-0.1, -0.05) is 42.5 Å². The smallest absolute Gasteiger partial charge is 0.168 e. The summed E-state index contributed by atoms with van der Waals surface area (Å²) in [6.45, 7) is 0. The molecule has 11 unspecified atom stereocenters. The Morgan fingerprint density at radius 1 is 0.800 bits per heavy atom. The molecule has 0 amide bonds. The van der Waals surface area contributed by atoms with E-state index in [1.807, 2.05) is 30.3 Å². The molecule has 5 saturated heterocycles. The molecule has 7 rings (SSSR count). The first-order valence-electron chi connectivity index (χ1n) is 9.55. The van der Waals surface area contributed by atoms with Gasteiger partial charge in [-0.05, 0) is 6.42 Å². The van der Waals surface area contributed by atoms with Crippen molar-refractivity contribution in [2.75, 3.05) is 0 Å². The molecular formula is C21H20O4. The van der Waals surface area contributed by atoms with Gasteiger partial charge in [0.1, 0.15) is 0 Å². The lowest BCUT2D eigenvalue weighted by atomic mass is 9.59. The number of fused-ring (bicyclic) bond motifs is 16. The molecule has 0 N–H and O–H groups in total. The first-order valence-corrected chi connectivity index (χ1v) is 9.55. The normalized spacial score (nSPS) is 55.8. The molecule has 0 spiro atoms. The highest BCUT2D eigenvalue weighted by Gasteiger charge is 2.74. The first kappa shape index (κ1) is 13.7. The van der Waals surface area contributed by atoms with Crippen LogP contribution in [0, 0.1) is 29.6 Å². The van der Waals surface area contributed by atoms with E-state index in [9.17, 15) is 4.79 Å². The van der Waals surface area contributed by atoms with Gasteiger partial charge >= 0.3 is 0 Å². The molecule has 4 heteroatoms. The fraction of sp³-hybridized carbons (Fsp3) is 0.571. The summed E-state index contributed by atoms with van der Waals surface area (Å²) in [5.41, 5.74) is 0.813. The van der Waals surface area contributed by atoms with Gasteiger partial charge in [-0.15, -0.1) is 0 Å². The summed E-state index contributed by atoms with van der Waals surface area (Å²) in [6.07, 6.45) is 6.44. The van der Waals surface area contributed by atoms with Crippen LogP contribution in [0.15, 0.2) is 42.5 Å². The van der Waals surface area contributed by atoms with Gasteiger partial charge in [0, 0.05) is 29.2 Å². The minimum atomic E-state index is -0.00917. The quantitative estimate of drug-likeness (QED) is 0.614. The average molecular weight is 336 g/mol.